The van der Waals surface area contributed by atoms with Gasteiger partial charge in [-0.05, 0) is 29.3 Å². The van der Waals surface area contributed by atoms with Gasteiger partial charge in [-0.2, -0.15) is 0 Å². The monoisotopic (exact) mass is 456 g/mol. The fraction of sp³-hybridized carbons (Fsp3) is 0. The second-order valence-electron chi connectivity index (χ2n) is 6.39. The Morgan fingerprint density at radius 2 is 1.56 bits per heavy atom. The van der Waals surface area contributed by atoms with E-state index in [1.165, 1.54) is 0 Å². The van der Waals surface area contributed by atoms with Crippen molar-refractivity contribution < 1.29 is 97.2 Å². The predicted octanol–water partition coefficient (Wildman–Crippen LogP) is -4.72. The van der Waals surface area contributed by atoms with Gasteiger partial charge >= 0.3 is 59.1 Å². The van der Waals surface area contributed by atoms with Crippen LogP contribution in [0.25, 0.3) is 33.4 Å². The average molecular weight is 456 g/mol. The SMILES string of the molecule is O=C([O-])c1ccc(-c2c3cc(F)c(=O)cc-3oc3cc(O)c(F)cc23)c(C(=O)[O-])c1.[Na+].[Na+]. The Kier molecular flexibility index (Phi) is 7.87. The number of hydrogen-bond acceptors (Lipinski definition) is 7. The maximum absolute atomic E-state index is 14.1. The molecule has 1 heterocycles. The Morgan fingerprint density at radius 3 is 2.19 bits per heavy atom. The van der Waals surface area contributed by atoms with E-state index in [4.69, 9.17) is 4.42 Å². The molecule has 0 unspecified atom stereocenters. The molecule has 0 spiro atoms. The number of carboxylic acid groups (broad SMARTS) is 2. The Balaban J connectivity index is 0.00000181. The molecular formula is C21H8F2Na2O7. The molecule has 0 bridgehead atoms. The number of carbonyl (C=O) groups is 2. The van der Waals surface area contributed by atoms with Gasteiger partial charge in [-0.15, -0.1) is 0 Å². The zero-order chi connectivity index (χ0) is 21.7. The van der Waals surface area contributed by atoms with E-state index in [0.29, 0.717) is 0 Å². The van der Waals surface area contributed by atoms with Crippen molar-refractivity contribution in [2.75, 3.05) is 0 Å². The maximum atomic E-state index is 14.1. The Hall–Kier alpha value is -2.27. The fourth-order valence-electron chi connectivity index (χ4n) is 3.25. The molecule has 1 aliphatic heterocycles. The van der Waals surface area contributed by atoms with Gasteiger partial charge in [-0.1, -0.05) is 12.1 Å². The number of aromatic hydroxyl groups is 1. The summed E-state index contributed by atoms with van der Waals surface area (Å²) in [6, 6.07) is 6.32. The standard InChI is InChI=1S/C21H10F2O7.2Na/c22-13-4-11-17(6-15(13)24)30-18-7-16(25)14(23)5-12(18)19(11)9-2-1-8(20(26)27)3-10(9)21(28)29;;/h1-7,24H,(H,26,27)(H,28,29);;/q;2*+1/p-2. The molecule has 2 aromatic rings. The van der Waals surface area contributed by atoms with Crippen molar-refractivity contribution in [3.63, 3.8) is 0 Å². The molecule has 2 aliphatic rings. The molecule has 1 aliphatic carbocycles. The molecule has 4 rings (SSSR count). The second-order valence-corrected chi connectivity index (χ2v) is 6.39. The third-order valence-corrected chi connectivity index (χ3v) is 4.59. The molecule has 1 N–H and O–H groups in total. The van der Waals surface area contributed by atoms with Crippen LogP contribution >= 0.6 is 0 Å². The van der Waals surface area contributed by atoms with E-state index in [1.807, 2.05) is 0 Å². The number of hydrogen-bond donors (Lipinski definition) is 1. The number of aromatic carboxylic acids is 2. The van der Waals surface area contributed by atoms with E-state index in [0.717, 1.165) is 42.5 Å². The van der Waals surface area contributed by atoms with Crippen molar-refractivity contribution in [2.45, 2.75) is 0 Å². The summed E-state index contributed by atoms with van der Waals surface area (Å²) in [7, 11) is 0. The first kappa shape index (κ1) is 26.0. The van der Waals surface area contributed by atoms with Crippen LogP contribution in [0.5, 0.6) is 5.75 Å². The van der Waals surface area contributed by atoms with Crippen molar-refractivity contribution in [3.05, 3.63) is 75.4 Å². The van der Waals surface area contributed by atoms with Gasteiger partial charge in [0.1, 0.15) is 11.3 Å². The number of phenolic OH excluding ortho intramolecular Hbond substituents is 1. The van der Waals surface area contributed by atoms with Crippen molar-refractivity contribution in [1.29, 1.82) is 0 Å². The molecule has 0 saturated heterocycles. The summed E-state index contributed by atoms with van der Waals surface area (Å²) in [5, 5.41) is 32.4. The zero-order valence-electron chi connectivity index (χ0n) is 16.7. The van der Waals surface area contributed by atoms with E-state index in [2.05, 4.69) is 0 Å². The summed E-state index contributed by atoms with van der Waals surface area (Å²) in [5.41, 5.74) is -2.46. The summed E-state index contributed by atoms with van der Waals surface area (Å²) in [6.07, 6.45) is 0. The second kappa shape index (κ2) is 9.70. The van der Waals surface area contributed by atoms with E-state index in [-0.39, 0.29) is 92.5 Å². The molecule has 32 heavy (non-hydrogen) atoms. The molecular weight excluding hydrogens is 448 g/mol. The zero-order valence-corrected chi connectivity index (χ0v) is 20.7. The molecule has 0 atom stereocenters. The normalized spacial score (nSPS) is 10.4. The topological polar surface area (TPSA) is 131 Å². The van der Waals surface area contributed by atoms with Gasteiger partial charge in [0.2, 0.25) is 5.43 Å². The summed E-state index contributed by atoms with van der Waals surface area (Å²) in [5.74, 6) is -6.56. The Labute approximate surface area is 222 Å². The summed E-state index contributed by atoms with van der Waals surface area (Å²) in [4.78, 5) is 34.5. The molecule has 0 amide bonds. The van der Waals surface area contributed by atoms with Crippen LogP contribution < -0.4 is 74.8 Å². The smallest absolute Gasteiger partial charge is 0.545 e. The van der Waals surface area contributed by atoms with E-state index in [9.17, 15) is 38.5 Å². The molecule has 0 saturated carbocycles. The van der Waals surface area contributed by atoms with Crippen LogP contribution in [0.3, 0.4) is 0 Å². The van der Waals surface area contributed by atoms with Crippen LogP contribution in [0.2, 0.25) is 0 Å². The number of phenols is 1. The van der Waals surface area contributed by atoms with Gasteiger partial charge in [0.15, 0.2) is 17.4 Å². The van der Waals surface area contributed by atoms with Gasteiger partial charge in [-0.25, -0.2) is 8.78 Å². The predicted molar refractivity (Wildman–Crippen MR) is 94.8 cm³/mol. The molecule has 2 aromatic carbocycles. The number of benzene rings is 3. The first-order chi connectivity index (χ1) is 14.2. The minimum Gasteiger partial charge on any atom is -0.545 e. The average Bonchev–Trinajstić information content (AvgIpc) is 2.68. The van der Waals surface area contributed by atoms with E-state index < -0.39 is 45.9 Å². The third-order valence-electron chi connectivity index (χ3n) is 4.59. The number of rotatable bonds is 3. The molecule has 0 aromatic heterocycles. The number of fused-ring (bicyclic) bond motifs is 2. The number of carbonyl (C=O) groups excluding carboxylic acids is 2. The summed E-state index contributed by atoms with van der Waals surface area (Å²) >= 11 is 0. The van der Waals surface area contributed by atoms with E-state index in [1.54, 1.807) is 0 Å². The Morgan fingerprint density at radius 1 is 0.875 bits per heavy atom. The number of carboxylic acids is 2. The molecule has 0 fully saturated rings. The van der Waals surface area contributed by atoms with Crippen LogP contribution in [0, 0.1) is 11.6 Å². The van der Waals surface area contributed by atoms with Gasteiger partial charge < -0.3 is 29.3 Å². The van der Waals surface area contributed by atoms with Crippen LogP contribution in [0.15, 0.2) is 51.7 Å². The molecule has 0 radical (unpaired) electrons. The minimum absolute atomic E-state index is 0. The van der Waals surface area contributed by atoms with Crippen LogP contribution in [-0.2, 0) is 0 Å². The Bertz CT molecular complexity index is 1420. The summed E-state index contributed by atoms with van der Waals surface area (Å²) < 4.78 is 33.6. The summed E-state index contributed by atoms with van der Waals surface area (Å²) in [6.45, 7) is 0. The van der Waals surface area contributed by atoms with Crippen molar-refractivity contribution >= 4 is 22.9 Å². The van der Waals surface area contributed by atoms with Crippen LogP contribution in [0.1, 0.15) is 20.7 Å². The van der Waals surface area contributed by atoms with Gasteiger partial charge in [0, 0.05) is 34.2 Å². The first-order valence-electron chi connectivity index (χ1n) is 8.33. The van der Waals surface area contributed by atoms with Crippen LogP contribution in [0.4, 0.5) is 8.78 Å². The van der Waals surface area contributed by atoms with Gasteiger partial charge in [0.05, 0.1) is 11.9 Å². The maximum Gasteiger partial charge on any atom is 1.00 e. The van der Waals surface area contributed by atoms with Crippen molar-refractivity contribution in [2.24, 2.45) is 0 Å². The molecule has 11 heteroatoms. The van der Waals surface area contributed by atoms with Crippen molar-refractivity contribution in [3.8, 4) is 28.2 Å². The number of halogens is 2. The van der Waals surface area contributed by atoms with Gasteiger partial charge in [-0.3, -0.25) is 4.79 Å². The quantitative estimate of drug-likeness (QED) is 0.242. The van der Waals surface area contributed by atoms with E-state index >= 15 is 0 Å². The largest absolute Gasteiger partial charge is 1.00 e. The van der Waals surface area contributed by atoms with Crippen LogP contribution in [-0.4, -0.2) is 17.0 Å². The van der Waals surface area contributed by atoms with Crippen molar-refractivity contribution in [1.82, 2.24) is 0 Å². The minimum atomic E-state index is -1.75. The van der Waals surface area contributed by atoms with Gasteiger partial charge in [0.25, 0.3) is 0 Å². The first-order valence-corrected chi connectivity index (χ1v) is 8.33. The molecule has 7 nitrogen and oxygen atoms in total. The fourth-order valence-corrected chi connectivity index (χ4v) is 3.25. The molecule has 150 valence electrons. The third kappa shape index (κ3) is 4.45.